The van der Waals surface area contributed by atoms with Crippen molar-refractivity contribution >= 4 is 11.7 Å². The molecule has 2 aromatic rings. The van der Waals surface area contributed by atoms with Crippen LogP contribution in [0.4, 0.5) is 28.0 Å². The first-order valence-corrected chi connectivity index (χ1v) is 13.6. The van der Waals surface area contributed by atoms with Crippen molar-refractivity contribution in [2.24, 2.45) is 5.92 Å². The van der Waals surface area contributed by atoms with Crippen molar-refractivity contribution in [2.45, 2.75) is 83.1 Å². The molecule has 0 aliphatic heterocycles. The van der Waals surface area contributed by atoms with Crippen LogP contribution in [0.2, 0.25) is 0 Å². The van der Waals surface area contributed by atoms with Gasteiger partial charge in [-0.2, -0.15) is 18.4 Å². The minimum atomic E-state index is -4.86. The van der Waals surface area contributed by atoms with Gasteiger partial charge in [0, 0.05) is 31.2 Å². The van der Waals surface area contributed by atoms with Crippen molar-refractivity contribution in [3.63, 3.8) is 0 Å². The number of alkyl halides is 3. The summed E-state index contributed by atoms with van der Waals surface area (Å²) in [5, 5.41) is 11.8. The van der Waals surface area contributed by atoms with E-state index in [0.29, 0.717) is 30.6 Å². The quantitative estimate of drug-likeness (QED) is 0.358. The molecular weight excluding hydrogens is 508 g/mol. The van der Waals surface area contributed by atoms with E-state index in [0.717, 1.165) is 43.4 Å². The van der Waals surface area contributed by atoms with Gasteiger partial charge in [-0.15, -0.1) is 0 Å². The van der Waals surface area contributed by atoms with Gasteiger partial charge in [0.1, 0.15) is 0 Å². The number of urea groups is 1. The van der Waals surface area contributed by atoms with Gasteiger partial charge in [-0.25, -0.2) is 9.18 Å². The number of hydrogen-bond acceptors (Lipinski definition) is 3. The predicted octanol–water partition coefficient (Wildman–Crippen LogP) is 7.18. The molecule has 0 radical (unpaired) electrons. The van der Waals surface area contributed by atoms with Gasteiger partial charge in [-0.1, -0.05) is 18.2 Å². The Morgan fingerprint density at radius 3 is 2.44 bits per heavy atom. The molecule has 2 amide bonds. The molecule has 210 valence electrons. The van der Waals surface area contributed by atoms with Crippen LogP contribution in [-0.4, -0.2) is 47.0 Å². The number of benzene rings is 2. The van der Waals surface area contributed by atoms with Crippen LogP contribution in [0.1, 0.15) is 70.1 Å². The summed E-state index contributed by atoms with van der Waals surface area (Å²) in [7, 11) is 0. The Bertz CT molecular complexity index is 1230. The zero-order valence-corrected chi connectivity index (χ0v) is 22.9. The first-order valence-electron chi connectivity index (χ1n) is 13.6. The molecule has 39 heavy (non-hydrogen) atoms. The second kappa shape index (κ2) is 11.2. The maximum atomic E-state index is 14.7. The fraction of sp³-hybridized carbons (Fsp3) is 0.533. The van der Waals surface area contributed by atoms with Gasteiger partial charge in [-0.3, -0.25) is 4.90 Å². The number of nitrogens with zero attached hydrogens (tertiary/aromatic N) is 3. The van der Waals surface area contributed by atoms with Crippen LogP contribution in [0.5, 0.6) is 0 Å². The molecule has 2 aliphatic rings. The summed E-state index contributed by atoms with van der Waals surface area (Å²) < 4.78 is 54.5. The number of carbonyl (C=O) groups is 1. The molecule has 0 spiro atoms. The molecule has 2 aliphatic carbocycles. The summed E-state index contributed by atoms with van der Waals surface area (Å²) in [4.78, 5) is 17.5. The third-order valence-corrected chi connectivity index (χ3v) is 8.45. The average molecular weight is 545 g/mol. The number of fused-ring (bicyclic) bond motifs is 1. The van der Waals surface area contributed by atoms with E-state index in [2.05, 4.69) is 50.0 Å². The topological polar surface area (TPSA) is 59.4 Å². The fourth-order valence-electron chi connectivity index (χ4n) is 6.37. The van der Waals surface area contributed by atoms with Gasteiger partial charge < -0.3 is 10.2 Å². The first-order chi connectivity index (χ1) is 18.4. The minimum Gasteiger partial charge on any atom is -0.320 e. The van der Waals surface area contributed by atoms with Crippen molar-refractivity contribution in [3.05, 3.63) is 65.0 Å². The molecule has 9 heteroatoms. The van der Waals surface area contributed by atoms with Crippen LogP contribution in [0.25, 0.3) is 0 Å². The Morgan fingerprint density at radius 2 is 1.82 bits per heavy atom. The van der Waals surface area contributed by atoms with Gasteiger partial charge >= 0.3 is 12.2 Å². The summed E-state index contributed by atoms with van der Waals surface area (Å²) in [6, 6.07) is 12.6. The SMILES string of the molecule is CC(C)N(CCN(C(=O)Nc1cccc(C(F)(F)F)c1F)[C@@H]1CC[C@]2(c3cccc(C#N)c3)CC2C1)C(C)C. The molecule has 0 bridgehead atoms. The largest absolute Gasteiger partial charge is 0.419 e. The summed E-state index contributed by atoms with van der Waals surface area (Å²) in [5.74, 6) is -1.14. The van der Waals surface area contributed by atoms with Crippen LogP contribution in [0, 0.1) is 23.1 Å². The maximum Gasteiger partial charge on any atom is 0.419 e. The van der Waals surface area contributed by atoms with Gasteiger partial charge in [0.15, 0.2) is 5.82 Å². The first kappa shape index (κ1) is 28.9. The van der Waals surface area contributed by atoms with Gasteiger partial charge in [0.25, 0.3) is 0 Å². The summed E-state index contributed by atoms with van der Waals surface area (Å²) >= 11 is 0. The van der Waals surface area contributed by atoms with Crippen molar-refractivity contribution in [3.8, 4) is 6.07 Å². The maximum absolute atomic E-state index is 14.7. The molecule has 0 aromatic heterocycles. The van der Waals surface area contributed by atoms with Crippen LogP contribution in [0.3, 0.4) is 0 Å². The predicted molar refractivity (Wildman–Crippen MR) is 143 cm³/mol. The fourth-order valence-corrected chi connectivity index (χ4v) is 6.37. The minimum absolute atomic E-state index is 0.000551. The van der Waals surface area contributed by atoms with Crippen LogP contribution < -0.4 is 5.32 Å². The number of nitriles is 1. The Morgan fingerprint density at radius 1 is 1.13 bits per heavy atom. The van der Waals surface area contributed by atoms with Crippen molar-refractivity contribution in [1.29, 1.82) is 5.26 Å². The number of halogens is 4. The number of carbonyl (C=O) groups excluding carboxylic acids is 1. The Hall–Kier alpha value is -3.12. The summed E-state index contributed by atoms with van der Waals surface area (Å²) in [5.41, 5.74) is -0.105. The van der Waals surface area contributed by atoms with E-state index in [-0.39, 0.29) is 23.5 Å². The average Bonchev–Trinajstić information content (AvgIpc) is 3.62. The van der Waals surface area contributed by atoms with E-state index < -0.39 is 29.3 Å². The molecule has 2 fully saturated rings. The number of hydrogen-bond donors (Lipinski definition) is 1. The normalized spacial score (nSPS) is 22.5. The van der Waals surface area contributed by atoms with Crippen molar-refractivity contribution < 1.29 is 22.4 Å². The number of nitrogens with one attached hydrogen (secondary N) is 1. The smallest absolute Gasteiger partial charge is 0.320 e. The summed E-state index contributed by atoms with van der Waals surface area (Å²) in [6.07, 6.45) is -1.58. The lowest BCUT2D eigenvalue weighted by molar-refractivity contribution is -0.139. The van der Waals surface area contributed by atoms with Crippen molar-refractivity contribution in [1.82, 2.24) is 9.80 Å². The molecule has 4 rings (SSSR count). The molecule has 3 atom stereocenters. The molecule has 0 saturated heterocycles. The Balaban J connectivity index is 1.55. The third kappa shape index (κ3) is 6.06. The highest BCUT2D eigenvalue weighted by Crippen LogP contribution is 2.62. The van der Waals surface area contributed by atoms with Gasteiger partial charge in [0.2, 0.25) is 0 Å². The zero-order valence-electron chi connectivity index (χ0n) is 22.9. The van der Waals surface area contributed by atoms with E-state index in [1.54, 1.807) is 11.0 Å². The third-order valence-electron chi connectivity index (χ3n) is 8.45. The number of rotatable bonds is 8. The highest BCUT2D eigenvalue weighted by atomic mass is 19.4. The molecule has 2 aromatic carbocycles. The standard InChI is InChI=1S/C30H36F4N4O/c1-19(2)37(20(3)4)13-14-38(28(39)36-26-10-6-9-25(27(26)31)30(32,33)34)24-11-12-29(17-23(29)16-24)22-8-5-7-21(15-22)18-35/h5-10,15,19-20,23-24H,11-14,16-17H2,1-4H3,(H,36,39)/t23?,24-,29-/m1/s1. The van der Waals surface area contributed by atoms with Crippen LogP contribution in [0.15, 0.2) is 42.5 Å². The molecule has 1 N–H and O–H groups in total. The van der Waals surface area contributed by atoms with Crippen molar-refractivity contribution in [2.75, 3.05) is 18.4 Å². The summed E-state index contributed by atoms with van der Waals surface area (Å²) in [6.45, 7) is 9.28. The van der Waals surface area contributed by atoms with Gasteiger partial charge in [0.05, 0.1) is 22.9 Å². The van der Waals surface area contributed by atoms with E-state index >= 15 is 0 Å². The Kier molecular flexibility index (Phi) is 8.27. The van der Waals surface area contributed by atoms with E-state index in [4.69, 9.17) is 0 Å². The molecule has 0 heterocycles. The molecule has 1 unspecified atom stereocenters. The lowest BCUT2D eigenvalue weighted by Gasteiger charge is -2.39. The van der Waals surface area contributed by atoms with E-state index in [1.165, 1.54) is 0 Å². The van der Waals surface area contributed by atoms with E-state index in [1.807, 2.05) is 12.1 Å². The molecule has 5 nitrogen and oxygen atoms in total. The highest BCUT2D eigenvalue weighted by Gasteiger charge is 2.58. The Labute approximate surface area is 227 Å². The lowest BCUT2D eigenvalue weighted by atomic mass is 9.80. The second-order valence-corrected chi connectivity index (χ2v) is 11.4. The second-order valence-electron chi connectivity index (χ2n) is 11.4. The monoisotopic (exact) mass is 544 g/mol. The van der Waals surface area contributed by atoms with E-state index in [9.17, 15) is 27.6 Å². The number of anilines is 1. The molecular formula is C30H36F4N4O. The molecule has 2 saturated carbocycles. The van der Waals surface area contributed by atoms with Crippen LogP contribution in [-0.2, 0) is 11.6 Å². The lowest BCUT2D eigenvalue weighted by Crippen LogP contribution is -2.50. The van der Waals surface area contributed by atoms with Gasteiger partial charge in [-0.05, 0) is 94.5 Å². The highest BCUT2D eigenvalue weighted by molar-refractivity contribution is 5.90. The number of amides is 2. The van der Waals surface area contributed by atoms with Crippen LogP contribution >= 0.6 is 0 Å². The zero-order chi connectivity index (χ0) is 28.5.